The highest BCUT2D eigenvalue weighted by molar-refractivity contribution is 5.73. The van der Waals surface area contributed by atoms with E-state index in [4.69, 9.17) is 28.4 Å². The topological polar surface area (TPSA) is 139 Å². The summed E-state index contributed by atoms with van der Waals surface area (Å²) in [5.41, 5.74) is 0.995. The molecule has 1 aliphatic rings. The number of nitrogens with one attached hydrogen (secondary N) is 1. The van der Waals surface area contributed by atoms with Crippen LogP contribution in [0.1, 0.15) is 37.5 Å². The molecule has 5 atom stereocenters. The number of carbonyl (C=O) groups is 3. The van der Waals surface area contributed by atoms with Crippen molar-refractivity contribution in [3.8, 4) is 11.5 Å². The van der Waals surface area contributed by atoms with E-state index < -0.39 is 54.1 Å². The van der Waals surface area contributed by atoms with Crippen molar-refractivity contribution in [2.75, 3.05) is 20.8 Å². The van der Waals surface area contributed by atoms with E-state index in [0.29, 0.717) is 11.5 Å². The van der Waals surface area contributed by atoms with Crippen LogP contribution >= 0.6 is 0 Å². The number of ether oxygens (including phenoxy) is 6. The number of aliphatic hydroxyl groups is 1. The molecule has 1 fully saturated rings. The fourth-order valence-corrected chi connectivity index (χ4v) is 5.39. The molecule has 0 aromatic heterocycles. The molecule has 44 heavy (non-hydrogen) atoms. The van der Waals surface area contributed by atoms with E-state index in [9.17, 15) is 19.5 Å². The Bertz CT molecular complexity index is 1360. The molecule has 1 saturated heterocycles. The molecule has 2 N–H and O–H groups in total. The van der Waals surface area contributed by atoms with E-state index in [0.717, 1.165) is 16.7 Å². The summed E-state index contributed by atoms with van der Waals surface area (Å²) in [6.45, 7) is 3.37. The van der Waals surface area contributed by atoms with Crippen molar-refractivity contribution in [2.24, 2.45) is 0 Å². The number of methoxy groups -OCH3 is 2. The Hall–Kier alpha value is -4.45. The van der Waals surface area contributed by atoms with Gasteiger partial charge in [-0.05, 0) is 41.0 Å². The molecule has 11 nitrogen and oxygen atoms in total. The molecular weight excluding hydrogens is 570 g/mol. The molecule has 0 radical (unpaired) electrons. The van der Waals surface area contributed by atoms with Gasteiger partial charge in [-0.1, -0.05) is 54.6 Å². The van der Waals surface area contributed by atoms with Crippen molar-refractivity contribution in [2.45, 2.75) is 57.0 Å². The molecule has 1 heterocycles. The van der Waals surface area contributed by atoms with Gasteiger partial charge in [0.2, 0.25) is 5.91 Å². The Kier molecular flexibility index (Phi) is 10.6. The second-order valence-corrected chi connectivity index (χ2v) is 10.3. The van der Waals surface area contributed by atoms with Crippen molar-refractivity contribution in [3.05, 3.63) is 95.6 Å². The minimum atomic E-state index is -1.61. The van der Waals surface area contributed by atoms with Gasteiger partial charge in [0.05, 0.1) is 20.8 Å². The zero-order chi connectivity index (χ0) is 31.9. The first-order valence-electron chi connectivity index (χ1n) is 14.0. The SMILES string of the molecule is COc1ccc(C(OC[C@H]2O[C@H](O)[C@H](NC(C)=O)[C@@H](OC(C)=O)[C@H]2OC(C)=O)(c2ccccc2)c2ccc(OC)cc2)cc1. The molecule has 0 bridgehead atoms. The van der Waals surface area contributed by atoms with Crippen LogP contribution in [0.2, 0.25) is 0 Å². The normalized spacial score (nSPS) is 21.5. The van der Waals surface area contributed by atoms with Crippen LogP contribution in [0.15, 0.2) is 78.9 Å². The summed E-state index contributed by atoms with van der Waals surface area (Å²) in [5, 5.41) is 13.5. The largest absolute Gasteiger partial charge is 0.497 e. The van der Waals surface area contributed by atoms with Crippen LogP contribution in [0.4, 0.5) is 0 Å². The van der Waals surface area contributed by atoms with Gasteiger partial charge < -0.3 is 38.8 Å². The molecule has 3 aromatic carbocycles. The first-order valence-corrected chi connectivity index (χ1v) is 14.0. The van der Waals surface area contributed by atoms with E-state index in [1.54, 1.807) is 14.2 Å². The number of aliphatic hydroxyl groups excluding tert-OH is 1. The Morgan fingerprint density at radius 2 is 1.23 bits per heavy atom. The smallest absolute Gasteiger partial charge is 0.303 e. The minimum Gasteiger partial charge on any atom is -0.497 e. The lowest BCUT2D eigenvalue weighted by molar-refractivity contribution is -0.269. The molecule has 11 heteroatoms. The van der Waals surface area contributed by atoms with Gasteiger partial charge in [0.1, 0.15) is 29.2 Å². The van der Waals surface area contributed by atoms with Crippen LogP contribution in [0.3, 0.4) is 0 Å². The summed E-state index contributed by atoms with van der Waals surface area (Å²) in [6.07, 6.45) is -5.25. The maximum absolute atomic E-state index is 12.3. The third-order valence-electron chi connectivity index (χ3n) is 7.28. The molecule has 1 amide bonds. The third kappa shape index (κ3) is 7.19. The predicted molar refractivity (Wildman–Crippen MR) is 158 cm³/mol. The first-order chi connectivity index (χ1) is 21.1. The van der Waals surface area contributed by atoms with Gasteiger partial charge in [-0.25, -0.2) is 0 Å². The average molecular weight is 608 g/mol. The fraction of sp³-hybridized carbons (Fsp3) is 0.364. The van der Waals surface area contributed by atoms with Crippen LogP contribution < -0.4 is 14.8 Å². The zero-order valence-corrected chi connectivity index (χ0v) is 25.2. The predicted octanol–water partition coefficient (Wildman–Crippen LogP) is 3.10. The van der Waals surface area contributed by atoms with Crippen molar-refractivity contribution in [1.82, 2.24) is 5.32 Å². The summed E-state index contributed by atoms with van der Waals surface area (Å²) in [7, 11) is 3.15. The summed E-state index contributed by atoms with van der Waals surface area (Å²) in [6, 6.07) is 23.1. The lowest BCUT2D eigenvalue weighted by Crippen LogP contribution is -2.66. The van der Waals surface area contributed by atoms with Crippen molar-refractivity contribution in [3.63, 3.8) is 0 Å². The third-order valence-corrected chi connectivity index (χ3v) is 7.28. The van der Waals surface area contributed by atoms with Crippen LogP contribution in [-0.4, -0.2) is 74.4 Å². The molecule has 3 aromatic rings. The number of hydrogen-bond donors (Lipinski definition) is 2. The number of esters is 2. The van der Waals surface area contributed by atoms with Gasteiger partial charge in [0.25, 0.3) is 0 Å². The summed E-state index contributed by atoms with van der Waals surface area (Å²) >= 11 is 0. The van der Waals surface area contributed by atoms with Gasteiger partial charge >= 0.3 is 11.9 Å². The molecule has 234 valence electrons. The molecule has 0 saturated carbocycles. The van der Waals surface area contributed by atoms with Crippen LogP contribution in [0.25, 0.3) is 0 Å². The van der Waals surface area contributed by atoms with Crippen LogP contribution in [0, 0.1) is 0 Å². The number of carbonyl (C=O) groups excluding carboxylic acids is 3. The number of rotatable bonds is 11. The van der Waals surface area contributed by atoms with E-state index in [2.05, 4.69) is 5.32 Å². The van der Waals surface area contributed by atoms with Gasteiger partial charge in [0, 0.05) is 20.8 Å². The maximum atomic E-state index is 12.3. The Morgan fingerprint density at radius 3 is 1.68 bits per heavy atom. The molecule has 0 unspecified atom stereocenters. The van der Waals surface area contributed by atoms with E-state index in [1.807, 2.05) is 78.9 Å². The lowest BCUT2D eigenvalue weighted by Gasteiger charge is -2.45. The van der Waals surface area contributed by atoms with E-state index >= 15 is 0 Å². The fourth-order valence-electron chi connectivity index (χ4n) is 5.39. The molecule has 1 aliphatic heterocycles. The monoisotopic (exact) mass is 607 g/mol. The van der Waals surface area contributed by atoms with Gasteiger partial charge in [-0.15, -0.1) is 0 Å². The molecule has 0 aliphatic carbocycles. The summed E-state index contributed by atoms with van der Waals surface area (Å²) in [5.74, 6) is -0.599. The molecule has 4 rings (SSSR count). The van der Waals surface area contributed by atoms with Crippen molar-refractivity contribution in [1.29, 1.82) is 0 Å². The highest BCUT2D eigenvalue weighted by Crippen LogP contribution is 2.42. The second-order valence-electron chi connectivity index (χ2n) is 10.3. The van der Waals surface area contributed by atoms with E-state index in [-0.39, 0.29) is 6.61 Å². The minimum absolute atomic E-state index is 0.244. The Balaban J connectivity index is 1.83. The summed E-state index contributed by atoms with van der Waals surface area (Å²) < 4.78 is 34.7. The zero-order valence-electron chi connectivity index (χ0n) is 25.2. The highest BCUT2D eigenvalue weighted by Gasteiger charge is 2.51. The van der Waals surface area contributed by atoms with Gasteiger partial charge in [0.15, 0.2) is 18.5 Å². The Labute approximate surface area is 256 Å². The molecular formula is C33H37NO10. The maximum Gasteiger partial charge on any atom is 0.303 e. The van der Waals surface area contributed by atoms with E-state index in [1.165, 1.54) is 20.8 Å². The highest BCUT2D eigenvalue weighted by atomic mass is 16.7. The second kappa shape index (κ2) is 14.3. The number of hydrogen-bond acceptors (Lipinski definition) is 10. The number of benzene rings is 3. The van der Waals surface area contributed by atoms with Crippen molar-refractivity contribution >= 4 is 17.8 Å². The summed E-state index contributed by atoms with van der Waals surface area (Å²) in [4.78, 5) is 36.3. The van der Waals surface area contributed by atoms with Gasteiger partial charge in [-0.3, -0.25) is 14.4 Å². The average Bonchev–Trinajstić information content (AvgIpc) is 3.01. The first kappa shape index (κ1) is 32.5. The van der Waals surface area contributed by atoms with Crippen LogP contribution in [0.5, 0.6) is 11.5 Å². The molecule has 0 spiro atoms. The van der Waals surface area contributed by atoms with Gasteiger partial charge in [-0.2, -0.15) is 0 Å². The number of amides is 1. The van der Waals surface area contributed by atoms with Crippen LogP contribution in [-0.2, 0) is 38.9 Å². The van der Waals surface area contributed by atoms with Crippen molar-refractivity contribution < 1.29 is 47.9 Å². The lowest BCUT2D eigenvalue weighted by atomic mass is 9.80. The Morgan fingerprint density at radius 1 is 0.750 bits per heavy atom. The standard InChI is InChI=1S/C33H37NO10/c1-20(35)34-29-31(43-22(3)37)30(42-21(2)36)28(44-32(29)38)19-41-33(23-9-7-6-8-10-23,24-11-15-26(39-4)16-12-24)25-13-17-27(40-5)18-14-25/h6-18,28-32,38H,19H2,1-5H3,(H,34,35)/t28-,29-,30+,31-,32+/m1/s1. The quantitative estimate of drug-likeness (QED) is 0.247.